The second-order valence-electron chi connectivity index (χ2n) is 2.46. The van der Waals surface area contributed by atoms with Crippen LogP contribution in [0.4, 0.5) is 0 Å². The molecule has 0 radical (unpaired) electrons. The maximum Gasteiger partial charge on any atom is 0.173 e. The average Bonchev–Trinajstić information content (AvgIpc) is 1.89. The number of piperidine rings is 1. The summed E-state index contributed by atoms with van der Waals surface area (Å²) in [6, 6.07) is 0.374. The number of hydrogen-bond donors (Lipinski definition) is 0. The van der Waals surface area contributed by atoms with E-state index in [2.05, 4.69) is 6.08 Å². The molecule has 2 nitrogen and oxygen atoms in total. The van der Waals surface area contributed by atoms with Crippen molar-refractivity contribution in [2.45, 2.75) is 25.3 Å². The third-order valence-corrected chi connectivity index (χ3v) is 1.93. The quantitative estimate of drug-likeness (QED) is 0.420. The molecule has 0 N–H and O–H groups in total. The maximum atomic E-state index is 8.99. The Bertz CT molecular complexity index is 169. The molecule has 0 aromatic heterocycles. The molecule has 2 bridgehead atoms. The summed E-state index contributed by atoms with van der Waals surface area (Å²) >= 11 is 0. The van der Waals surface area contributed by atoms with Gasteiger partial charge in [0.1, 0.15) is 0 Å². The van der Waals surface area contributed by atoms with Gasteiger partial charge in [-0.05, 0) is 6.42 Å². The van der Waals surface area contributed by atoms with Crippen LogP contribution in [0.2, 0.25) is 0 Å². The highest BCUT2D eigenvalue weighted by molar-refractivity contribution is 5.08. The largest absolute Gasteiger partial charge is 0.500 e. The summed E-state index contributed by atoms with van der Waals surface area (Å²) in [5, 5.41) is 0. The minimum absolute atomic E-state index is 0.374. The van der Waals surface area contributed by atoms with Crippen molar-refractivity contribution in [3.05, 3.63) is 17.3 Å². The Kier molecular flexibility index (Phi) is 0.629. The van der Waals surface area contributed by atoms with E-state index < -0.39 is 0 Å². The van der Waals surface area contributed by atoms with Crippen molar-refractivity contribution in [1.82, 2.24) is 0 Å². The van der Waals surface area contributed by atoms with Crippen molar-refractivity contribution in [1.29, 1.82) is 0 Å². The van der Waals surface area contributed by atoms with Gasteiger partial charge in [0, 0.05) is 18.9 Å². The van der Waals surface area contributed by atoms with Crippen LogP contribution in [0, 0.1) is 0 Å². The molecule has 1 aliphatic carbocycles. The summed E-state index contributed by atoms with van der Waals surface area (Å²) < 4.78 is 1.39. The van der Waals surface area contributed by atoms with Crippen LogP contribution in [0.5, 0.6) is 0 Å². The van der Waals surface area contributed by atoms with Crippen LogP contribution in [0.3, 0.4) is 0 Å². The first-order chi connectivity index (χ1) is 3.88. The number of nitrogens with zero attached hydrogens (tertiary/aromatic N) is 2. The van der Waals surface area contributed by atoms with E-state index in [0.29, 0.717) is 6.04 Å². The Morgan fingerprint density at radius 2 is 2.62 bits per heavy atom. The van der Waals surface area contributed by atoms with E-state index in [9.17, 15) is 0 Å². The van der Waals surface area contributed by atoms with Gasteiger partial charge >= 0.3 is 0 Å². The van der Waals surface area contributed by atoms with Crippen molar-refractivity contribution in [3.63, 3.8) is 0 Å². The molecular formula is C6H8N2. The van der Waals surface area contributed by atoms with Gasteiger partial charge in [0.15, 0.2) is 11.7 Å². The fourth-order valence-electron chi connectivity index (χ4n) is 1.40. The monoisotopic (exact) mass is 108 g/mol. The first-order valence-corrected chi connectivity index (χ1v) is 3.07. The van der Waals surface area contributed by atoms with Gasteiger partial charge in [0.25, 0.3) is 0 Å². The molecule has 0 spiro atoms. The van der Waals surface area contributed by atoms with Crippen molar-refractivity contribution in [2.24, 2.45) is 0 Å². The predicted molar refractivity (Wildman–Crippen MR) is 29.3 cm³/mol. The molecule has 2 heterocycles. The van der Waals surface area contributed by atoms with Crippen LogP contribution in [-0.2, 0) is 0 Å². The first kappa shape index (κ1) is 4.24. The van der Waals surface area contributed by atoms with Crippen molar-refractivity contribution < 1.29 is 4.70 Å². The SMILES string of the molecule is [N-]=[N+]1C2=CC1CCC2. The summed E-state index contributed by atoms with van der Waals surface area (Å²) in [7, 11) is 0. The zero-order valence-corrected chi connectivity index (χ0v) is 4.67. The highest BCUT2D eigenvalue weighted by Gasteiger charge is 2.33. The molecule has 2 aliphatic heterocycles. The van der Waals surface area contributed by atoms with E-state index in [1.807, 2.05) is 0 Å². The van der Waals surface area contributed by atoms with Gasteiger partial charge in [0.2, 0.25) is 0 Å². The second-order valence-corrected chi connectivity index (χ2v) is 2.46. The normalized spacial score (nSPS) is 33.8. The minimum atomic E-state index is 0.374. The van der Waals surface area contributed by atoms with E-state index in [1.54, 1.807) is 0 Å². The average molecular weight is 108 g/mol. The Labute approximate surface area is 48.3 Å². The lowest BCUT2D eigenvalue weighted by Gasteiger charge is -2.30. The van der Waals surface area contributed by atoms with Gasteiger partial charge in [0.05, 0.1) is 0 Å². The van der Waals surface area contributed by atoms with Crippen LogP contribution >= 0.6 is 0 Å². The van der Waals surface area contributed by atoms with Crippen molar-refractivity contribution in [3.8, 4) is 0 Å². The van der Waals surface area contributed by atoms with Crippen molar-refractivity contribution >= 4 is 0 Å². The summed E-state index contributed by atoms with van der Waals surface area (Å²) in [6.45, 7) is 0. The van der Waals surface area contributed by atoms with E-state index in [0.717, 1.165) is 18.5 Å². The summed E-state index contributed by atoms with van der Waals surface area (Å²) in [5.74, 6) is 0. The molecule has 0 aromatic rings. The lowest BCUT2D eigenvalue weighted by Crippen LogP contribution is -2.34. The van der Waals surface area contributed by atoms with Crippen LogP contribution < -0.4 is 0 Å². The van der Waals surface area contributed by atoms with E-state index >= 15 is 0 Å². The topological polar surface area (TPSA) is 25.3 Å². The Morgan fingerprint density at radius 3 is 2.88 bits per heavy atom. The standard InChI is InChI=1S/C6H8N2/c7-8-5-2-1-3-6(8)4-5/h4-5H,1-3H2. The van der Waals surface area contributed by atoms with Gasteiger partial charge in [-0.1, -0.05) is 0 Å². The smallest absolute Gasteiger partial charge is 0.173 e. The molecule has 0 amide bonds. The molecule has 3 aliphatic rings. The van der Waals surface area contributed by atoms with Crippen LogP contribution in [0.1, 0.15) is 19.3 Å². The van der Waals surface area contributed by atoms with E-state index in [-0.39, 0.29) is 0 Å². The fourth-order valence-corrected chi connectivity index (χ4v) is 1.40. The number of allylic oxidation sites excluding steroid dienone is 1. The fraction of sp³-hybridized carbons (Fsp3) is 0.667. The zero-order valence-electron chi connectivity index (χ0n) is 4.67. The molecular weight excluding hydrogens is 100 g/mol. The number of hydrogen-bond acceptors (Lipinski definition) is 0. The van der Waals surface area contributed by atoms with Crippen LogP contribution in [-0.4, -0.2) is 10.7 Å². The highest BCUT2D eigenvalue weighted by Crippen LogP contribution is 2.31. The van der Waals surface area contributed by atoms with E-state index in [4.69, 9.17) is 5.53 Å². The summed E-state index contributed by atoms with van der Waals surface area (Å²) in [4.78, 5) is 0. The summed E-state index contributed by atoms with van der Waals surface area (Å²) in [6.07, 6.45) is 5.62. The van der Waals surface area contributed by atoms with E-state index in [1.165, 1.54) is 11.1 Å². The summed E-state index contributed by atoms with van der Waals surface area (Å²) in [5.41, 5.74) is 10.1. The number of rotatable bonds is 0. The van der Waals surface area contributed by atoms with Crippen LogP contribution in [0.25, 0.3) is 5.53 Å². The first-order valence-electron chi connectivity index (χ1n) is 3.07. The highest BCUT2D eigenvalue weighted by atomic mass is 15.2. The Morgan fingerprint density at radius 1 is 1.75 bits per heavy atom. The molecule has 0 aromatic carbocycles. The van der Waals surface area contributed by atoms with Gasteiger partial charge in [-0.15, -0.1) is 0 Å². The Hall–Kier alpha value is -0.660. The van der Waals surface area contributed by atoms with Gasteiger partial charge in [-0.2, -0.15) is 0 Å². The van der Waals surface area contributed by atoms with Gasteiger partial charge in [-0.25, -0.2) is 0 Å². The minimum Gasteiger partial charge on any atom is -0.500 e. The number of fused-ring (bicyclic) bond motifs is 2. The lowest BCUT2D eigenvalue weighted by molar-refractivity contribution is -0.566. The molecule has 42 valence electrons. The molecule has 2 heteroatoms. The molecule has 1 saturated heterocycles. The van der Waals surface area contributed by atoms with Crippen molar-refractivity contribution in [2.75, 3.05) is 0 Å². The second kappa shape index (κ2) is 1.19. The molecule has 1 unspecified atom stereocenters. The molecule has 8 heavy (non-hydrogen) atoms. The maximum absolute atomic E-state index is 8.99. The molecule has 0 saturated carbocycles. The van der Waals surface area contributed by atoms with Gasteiger partial charge in [-0.3, -0.25) is 4.70 Å². The van der Waals surface area contributed by atoms with Crippen LogP contribution in [0.15, 0.2) is 11.8 Å². The Balaban J connectivity index is 2.33. The van der Waals surface area contributed by atoms with Gasteiger partial charge < -0.3 is 5.53 Å². The third-order valence-electron chi connectivity index (χ3n) is 1.93. The third kappa shape index (κ3) is 0.335. The molecule has 3 rings (SSSR count). The lowest BCUT2D eigenvalue weighted by atomic mass is 9.92. The molecule has 1 fully saturated rings. The zero-order chi connectivity index (χ0) is 5.56. The molecule has 1 atom stereocenters. The predicted octanol–water partition coefficient (Wildman–Crippen LogP) is 1.47.